The standard InChI is InChI=1S/C13H18N4O3S/c1-17-9-15-12(14)13(17)21(18,19)16-8-7-10-3-5-11(20-2)6-4-10/h3-6,9,16H,7-8,14H2,1-2H3. The molecule has 0 saturated carbocycles. The smallest absolute Gasteiger partial charge is 0.260 e. The Morgan fingerprint density at radius 1 is 1.33 bits per heavy atom. The summed E-state index contributed by atoms with van der Waals surface area (Å²) in [6.07, 6.45) is 1.94. The normalized spacial score (nSPS) is 11.5. The summed E-state index contributed by atoms with van der Waals surface area (Å²) in [5.74, 6) is 0.761. The first kappa shape index (κ1) is 15.3. The predicted octanol–water partition coefficient (Wildman–Crippen LogP) is 0.532. The van der Waals surface area contributed by atoms with Gasteiger partial charge in [0.05, 0.1) is 13.4 Å². The Morgan fingerprint density at radius 2 is 2.00 bits per heavy atom. The third kappa shape index (κ3) is 3.53. The van der Waals surface area contributed by atoms with Crippen LogP contribution in [0, 0.1) is 0 Å². The Kier molecular flexibility index (Phi) is 4.49. The van der Waals surface area contributed by atoms with Gasteiger partial charge in [-0.3, -0.25) is 0 Å². The second-order valence-electron chi connectivity index (χ2n) is 4.54. The fourth-order valence-corrected chi connectivity index (χ4v) is 3.22. The molecule has 3 N–H and O–H groups in total. The third-order valence-electron chi connectivity index (χ3n) is 3.03. The van der Waals surface area contributed by atoms with Crippen LogP contribution in [0.5, 0.6) is 5.75 Å². The van der Waals surface area contributed by atoms with E-state index in [0.29, 0.717) is 6.42 Å². The lowest BCUT2D eigenvalue weighted by molar-refractivity contribution is 0.414. The molecule has 0 saturated heterocycles. The van der Waals surface area contributed by atoms with E-state index < -0.39 is 10.0 Å². The van der Waals surface area contributed by atoms with Crippen LogP contribution in [-0.2, 0) is 23.5 Å². The molecule has 8 heteroatoms. The molecule has 0 spiro atoms. The van der Waals surface area contributed by atoms with Crippen molar-refractivity contribution in [3.8, 4) is 5.75 Å². The van der Waals surface area contributed by atoms with E-state index in [-0.39, 0.29) is 17.4 Å². The molecule has 21 heavy (non-hydrogen) atoms. The number of aryl methyl sites for hydroxylation is 1. The van der Waals surface area contributed by atoms with E-state index in [9.17, 15) is 8.42 Å². The summed E-state index contributed by atoms with van der Waals surface area (Å²) in [6.45, 7) is 0.277. The van der Waals surface area contributed by atoms with Crippen molar-refractivity contribution < 1.29 is 13.2 Å². The van der Waals surface area contributed by atoms with Crippen LogP contribution >= 0.6 is 0 Å². The minimum absolute atomic E-state index is 0.00514. The molecule has 114 valence electrons. The number of nitrogens with one attached hydrogen (secondary N) is 1. The van der Waals surface area contributed by atoms with Crippen molar-refractivity contribution in [3.05, 3.63) is 36.2 Å². The second kappa shape index (κ2) is 6.15. The summed E-state index contributed by atoms with van der Waals surface area (Å²) in [6, 6.07) is 7.46. The minimum Gasteiger partial charge on any atom is -0.497 e. The molecule has 1 heterocycles. The molecule has 2 aromatic rings. The highest BCUT2D eigenvalue weighted by Gasteiger charge is 2.21. The molecule has 0 atom stereocenters. The van der Waals surface area contributed by atoms with Crippen molar-refractivity contribution in [1.82, 2.24) is 14.3 Å². The minimum atomic E-state index is -3.66. The first-order valence-corrected chi connectivity index (χ1v) is 7.82. The molecule has 0 aliphatic rings. The fraction of sp³-hybridized carbons (Fsp3) is 0.308. The molecular weight excluding hydrogens is 292 g/mol. The highest BCUT2D eigenvalue weighted by Crippen LogP contribution is 2.15. The van der Waals surface area contributed by atoms with Crippen molar-refractivity contribution in [2.45, 2.75) is 11.4 Å². The maximum atomic E-state index is 12.2. The van der Waals surface area contributed by atoms with Crippen LogP contribution in [0.2, 0.25) is 0 Å². The summed E-state index contributed by atoms with van der Waals surface area (Å²) in [7, 11) is -0.477. The number of aromatic nitrogens is 2. The maximum absolute atomic E-state index is 12.2. The first-order chi connectivity index (χ1) is 9.94. The molecule has 0 radical (unpaired) electrons. The van der Waals surface area contributed by atoms with Crippen molar-refractivity contribution in [3.63, 3.8) is 0 Å². The zero-order chi connectivity index (χ0) is 15.5. The number of benzene rings is 1. The van der Waals surface area contributed by atoms with Gasteiger partial charge in [0.25, 0.3) is 10.0 Å². The lowest BCUT2D eigenvalue weighted by atomic mass is 10.1. The van der Waals surface area contributed by atoms with E-state index in [1.165, 1.54) is 10.9 Å². The van der Waals surface area contributed by atoms with E-state index in [4.69, 9.17) is 10.5 Å². The predicted molar refractivity (Wildman–Crippen MR) is 79.5 cm³/mol. The number of methoxy groups -OCH3 is 1. The number of ether oxygens (including phenoxy) is 1. The van der Waals surface area contributed by atoms with Gasteiger partial charge in [-0.1, -0.05) is 12.1 Å². The van der Waals surface area contributed by atoms with Gasteiger partial charge in [0.2, 0.25) is 0 Å². The van der Waals surface area contributed by atoms with Crippen molar-refractivity contribution >= 4 is 15.8 Å². The van der Waals surface area contributed by atoms with Crippen LogP contribution in [0.4, 0.5) is 5.82 Å². The number of hydrogen-bond donors (Lipinski definition) is 2. The number of nitrogen functional groups attached to an aromatic ring is 1. The van der Waals surface area contributed by atoms with Crippen LogP contribution in [-0.4, -0.2) is 31.6 Å². The summed E-state index contributed by atoms with van der Waals surface area (Å²) >= 11 is 0. The average Bonchev–Trinajstić information content (AvgIpc) is 2.79. The number of nitrogens with two attached hydrogens (primary N) is 1. The maximum Gasteiger partial charge on any atom is 0.260 e. The highest BCUT2D eigenvalue weighted by atomic mass is 32.2. The average molecular weight is 310 g/mol. The Morgan fingerprint density at radius 3 is 2.52 bits per heavy atom. The zero-order valence-electron chi connectivity index (χ0n) is 11.9. The number of nitrogens with zero attached hydrogens (tertiary/aromatic N) is 2. The molecular formula is C13H18N4O3S. The highest BCUT2D eigenvalue weighted by molar-refractivity contribution is 7.89. The molecule has 0 fully saturated rings. The SMILES string of the molecule is COc1ccc(CCNS(=O)(=O)c2c(N)ncn2C)cc1. The monoisotopic (exact) mass is 310 g/mol. The summed E-state index contributed by atoms with van der Waals surface area (Å²) in [5.41, 5.74) is 6.59. The molecule has 0 bridgehead atoms. The summed E-state index contributed by atoms with van der Waals surface area (Å²) < 4.78 is 33.3. The number of rotatable bonds is 6. The quantitative estimate of drug-likeness (QED) is 0.811. The van der Waals surface area contributed by atoms with Gasteiger partial charge in [0.1, 0.15) is 5.75 Å². The van der Waals surface area contributed by atoms with Gasteiger partial charge < -0.3 is 15.0 Å². The van der Waals surface area contributed by atoms with Gasteiger partial charge in [0.15, 0.2) is 10.8 Å². The Bertz CT molecular complexity index is 688. The van der Waals surface area contributed by atoms with E-state index in [1.54, 1.807) is 14.2 Å². The van der Waals surface area contributed by atoms with Crippen LogP contribution in [0.15, 0.2) is 35.6 Å². The van der Waals surface area contributed by atoms with Gasteiger partial charge in [-0.25, -0.2) is 18.1 Å². The number of hydrogen-bond acceptors (Lipinski definition) is 5. The van der Waals surface area contributed by atoms with E-state index >= 15 is 0 Å². The lowest BCUT2D eigenvalue weighted by Crippen LogP contribution is -2.28. The van der Waals surface area contributed by atoms with Crippen LogP contribution in [0.1, 0.15) is 5.56 Å². The molecule has 1 aromatic heterocycles. The van der Waals surface area contributed by atoms with Gasteiger partial charge in [-0.15, -0.1) is 0 Å². The lowest BCUT2D eigenvalue weighted by Gasteiger charge is -2.08. The third-order valence-corrected chi connectivity index (χ3v) is 4.62. The molecule has 0 aliphatic carbocycles. The Labute approximate surface area is 123 Å². The largest absolute Gasteiger partial charge is 0.497 e. The molecule has 1 aromatic carbocycles. The molecule has 0 amide bonds. The van der Waals surface area contributed by atoms with Crippen LogP contribution in [0.3, 0.4) is 0 Å². The number of imidazole rings is 1. The number of anilines is 1. The van der Waals surface area contributed by atoms with Gasteiger partial charge in [-0.2, -0.15) is 0 Å². The summed E-state index contributed by atoms with van der Waals surface area (Å²) in [4.78, 5) is 3.78. The van der Waals surface area contributed by atoms with E-state index in [0.717, 1.165) is 11.3 Å². The van der Waals surface area contributed by atoms with E-state index in [1.807, 2.05) is 24.3 Å². The van der Waals surface area contributed by atoms with Crippen LogP contribution < -0.4 is 15.2 Å². The van der Waals surface area contributed by atoms with Gasteiger partial charge in [-0.05, 0) is 24.1 Å². The van der Waals surface area contributed by atoms with Crippen molar-refractivity contribution in [1.29, 1.82) is 0 Å². The molecule has 2 rings (SSSR count). The van der Waals surface area contributed by atoms with Crippen molar-refractivity contribution in [2.24, 2.45) is 7.05 Å². The van der Waals surface area contributed by atoms with Crippen LogP contribution in [0.25, 0.3) is 0 Å². The van der Waals surface area contributed by atoms with Crippen molar-refractivity contribution in [2.75, 3.05) is 19.4 Å². The Balaban J connectivity index is 1.99. The van der Waals surface area contributed by atoms with Gasteiger partial charge >= 0.3 is 0 Å². The Hall–Kier alpha value is -2.06. The molecule has 7 nitrogen and oxygen atoms in total. The second-order valence-corrected chi connectivity index (χ2v) is 6.22. The fourth-order valence-electron chi connectivity index (χ4n) is 1.95. The zero-order valence-corrected chi connectivity index (χ0v) is 12.7. The molecule has 0 aliphatic heterocycles. The molecule has 0 unspecified atom stereocenters. The van der Waals surface area contributed by atoms with Gasteiger partial charge in [0, 0.05) is 13.6 Å². The van der Waals surface area contributed by atoms with E-state index in [2.05, 4.69) is 9.71 Å². The number of sulfonamides is 1. The topological polar surface area (TPSA) is 99.2 Å². The first-order valence-electron chi connectivity index (χ1n) is 6.33. The summed E-state index contributed by atoms with van der Waals surface area (Å²) in [5, 5.41) is -0.0165.